The number of thiocarbonyl (C=S) groups is 1. The van der Waals surface area contributed by atoms with Crippen LogP contribution in [0.4, 0.5) is 0 Å². The van der Waals surface area contributed by atoms with Crippen LogP contribution in [0.25, 0.3) is 0 Å². The number of allylic oxidation sites excluding steroid dienone is 7. The van der Waals surface area contributed by atoms with Gasteiger partial charge in [-0.3, -0.25) is 14.5 Å². The molecule has 1 amide bonds. The van der Waals surface area contributed by atoms with Crippen molar-refractivity contribution >= 4 is 40.2 Å². The predicted octanol–water partition coefficient (Wildman–Crippen LogP) is 4.84. The largest absolute Gasteiger partial charge is 0.480 e. The maximum absolute atomic E-state index is 12.2. The molecule has 4 nitrogen and oxygen atoms in total. The van der Waals surface area contributed by atoms with E-state index in [4.69, 9.17) is 17.3 Å². The second-order valence-electron chi connectivity index (χ2n) is 7.36. The van der Waals surface area contributed by atoms with Gasteiger partial charge < -0.3 is 5.11 Å². The standard InChI is InChI=1S/C20H25NO3S2/c1-13(7-9-15-14(2)6-5-11-20(15,3)4)8-10-16-18(24)21(12-17(22)23)19(25)26-16/h7-10H,5-6,11-12H2,1-4H3,(H,22,23)/b9-7+,13-8+,16-10+. The number of carboxylic acid groups (broad SMARTS) is 1. The summed E-state index contributed by atoms with van der Waals surface area (Å²) in [7, 11) is 0. The van der Waals surface area contributed by atoms with Gasteiger partial charge in [0.15, 0.2) is 0 Å². The highest BCUT2D eigenvalue weighted by atomic mass is 32.2. The lowest BCUT2D eigenvalue weighted by Crippen LogP contribution is -2.33. The maximum atomic E-state index is 12.2. The molecule has 1 aliphatic carbocycles. The molecule has 0 saturated carbocycles. The molecule has 0 atom stereocenters. The fourth-order valence-electron chi connectivity index (χ4n) is 3.27. The first-order valence-corrected chi connectivity index (χ1v) is 9.86. The zero-order valence-corrected chi connectivity index (χ0v) is 17.3. The minimum atomic E-state index is -1.07. The van der Waals surface area contributed by atoms with Crippen molar-refractivity contribution in [3.63, 3.8) is 0 Å². The molecule has 140 valence electrons. The van der Waals surface area contributed by atoms with E-state index in [2.05, 4.69) is 32.9 Å². The average molecular weight is 392 g/mol. The second kappa shape index (κ2) is 8.35. The van der Waals surface area contributed by atoms with Gasteiger partial charge in [0.25, 0.3) is 5.91 Å². The number of carbonyl (C=O) groups excluding carboxylic acids is 1. The zero-order chi connectivity index (χ0) is 19.5. The van der Waals surface area contributed by atoms with Gasteiger partial charge in [-0.25, -0.2) is 0 Å². The van der Waals surface area contributed by atoms with E-state index >= 15 is 0 Å². The van der Waals surface area contributed by atoms with Gasteiger partial charge in [0.1, 0.15) is 10.9 Å². The monoisotopic (exact) mass is 391 g/mol. The lowest BCUT2D eigenvalue weighted by Gasteiger charge is -2.32. The highest BCUT2D eigenvalue weighted by Gasteiger charge is 2.33. The smallest absolute Gasteiger partial charge is 0.323 e. The molecule has 1 aliphatic heterocycles. The van der Waals surface area contributed by atoms with Gasteiger partial charge >= 0.3 is 5.97 Å². The van der Waals surface area contributed by atoms with Crippen molar-refractivity contribution < 1.29 is 14.7 Å². The van der Waals surface area contributed by atoms with Crippen LogP contribution in [0.3, 0.4) is 0 Å². The molecule has 26 heavy (non-hydrogen) atoms. The number of hydrogen-bond donors (Lipinski definition) is 1. The van der Waals surface area contributed by atoms with Gasteiger partial charge in [-0.05, 0) is 50.2 Å². The number of aliphatic carboxylic acids is 1. The molecule has 1 N–H and O–H groups in total. The summed E-state index contributed by atoms with van der Waals surface area (Å²) in [4.78, 5) is 24.6. The van der Waals surface area contributed by atoms with Gasteiger partial charge in [0.2, 0.25) is 0 Å². The van der Waals surface area contributed by atoms with Crippen LogP contribution < -0.4 is 0 Å². The Hall–Kier alpha value is -1.66. The van der Waals surface area contributed by atoms with Crippen molar-refractivity contribution in [2.45, 2.75) is 47.0 Å². The van der Waals surface area contributed by atoms with Crippen LogP contribution in [0.5, 0.6) is 0 Å². The first-order valence-electron chi connectivity index (χ1n) is 8.64. The van der Waals surface area contributed by atoms with E-state index in [0.29, 0.717) is 4.91 Å². The molecule has 1 fully saturated rings. The number of carboxylic acids is 1. The fraction of sp³-hybridized carbons (Fsp3) is 0.450. The fourth-order valence-corrected chi connectivity index (χ4v) is 4.47. The van der Waals surface area contributed by atoms with Crippen LogP contribution in [0.1, 0.15) is 47.0 Å². The van der Waals surface area contributed by atoms with E-state index < -0.39 is 12.5 Å². The van der Waals surface area contributed by atoms with Crippen molar-refractivity contribution in [1.29, 1.82) is 0 Å². The molecule has 0 bridgehead atoms. The summed E-state index contributed by atoms with van der Waals surface area (Å²) in [6.45, 7) is 8.35. The van der Waals surface area contributed by atoms with Crippen molar-refractivity contribution in [3.8, 4) is 0 Å². The van der Waals surface area contributed by atoms with Crippen molar-refractivity contribution in [2.75, 3.05) is 6.54 Å². The summed E-state index contributed by atoms with van der Waals surface area (Å²) in [6.07, 6.45) is 11.4. The molecular weight excluding hydrogens is 366 g/mol. The molecule has 0 radical (unpaired) electrons. The summed E-state index contributed by atoms with van der Waals surface area (Å²) in [5.41, 5.74) is 4.05. The molecule has 0 aromatic rings. The van der Waals surface area contributed by atoms with Crippen LogP contribution in [0, 0.1) is 5.41 Å². The van der Waals surface area contributed by atoms with Crippen LogP contribution in [0.15, 0.2) is 45.9 Å². The average Bonchev–Trinajstić information content (AvgIpc) is 2.79. The molecular formula is C20H25NO3S2. The molecule has 0 unspecified atom stereocenters. The van der Waals surface area contributed by atoms with E-state index in [1.165, 1.54) is 24.0 Å². The highest BCUT2D eigenvalue weighted by molar-refractivity contribution is 8.26. The Labute approximate surface area is 164 Å². The van der Waals surface area contributed by atoms with Crippen LogP contribution in [0.2, 0.25) is 0 Å². The zero-order valence-electron chi connectivity index (χ0n) is 15.7. The summed E-state index contributed by atoms with van der Waals surface area (Å²) in [5.74, 6) is -1.42. The Morgan fingerprint density at radius 3 is 2.73 bits per heavy atom. The number of nitrogens with zero attached hydrogens (tertiary/aromatic N) is 1. The topological polar surface area (TPSA) is 57.6 Å². The Bertz CT molecular complexity index is 757. The number of rotatable bonds is 5. The number of carbonyl (C=O) groups is 2. The van der Waals surface area contributed by atoms with Gasteiger partial charge in [0, 0.05) is 0 Å². The SMILES string of the molecule is CC1=C(/C=C/C(C)=C/C=C2/SC(=S)N(CC(=O)O)C2=O)C(C)(C)CCC1. The van der Waals surface area contributed by atoms with Crippen molar-refractivity contribution in [2.24, 2.45) is 5.41 Å². The first kappa shape index (κ1) is 20.6. The van der Waals surface area contributed by atoms with Crippen molar-refractivity contribution in [1.82, 2.24) is 4.90 Å². The van der Waals surface area contributed by atoms with Crippen LogP contribution in [-0.4, -0.2) is 32.7 Å². The molecule has 0 spiro atoms. The Balaban J connectivity index is 2.13. The molecule has 0 aromatic heterocycles. The summed E-state index contributed by atoms with van der Waals surface area (Å²) < 4.78 is 0.287. The van der Waals surface area contributed by atoms with E-state index in [-0.39, 0.29) is 15.6 Å². The van der Waals surface area contributed by atoms with Crippen LogP contribution in [-0.2, 0) is 9.59 Å². The molecule has 6 heteroatoms. The Morgan fingerprint density at radius 1 is 1.42 bits per heavy atom. The number of thioether (sulfide) groups is 1. The quantitative estimate of drug-likeness (QED) is 0.413. The third kappa shape index (κ3) is 4.95. The Morgan fingerprint density at radius 2 is 2.12 bits per heavy atom. The summed E-state index contributed by atoms with van der Waals surface area (Å²) in [6, 6.07) is 0. The minimum absolute atomic E-state index is 0.193. The lowest BCUT2D eigenvalue weighted by molar-refractivity contribution is -0.140. The first-order chi connectivity index (χ1) is 12.1. The molecule has 2 aliphatic rings. The maximum Gasteiger partial charge on any atom is 0.323 e. The van der Waals surface area contributed by atoms with Crippen molar-refractivity contribution in [3.05, 3.63) is 45.9 Å². The van der Waals surface area contributed by atoms with E-state index in [0.717, 1.165) is 28.7 Å². The molecule has 1 saturated heterocycles. The highest BCUT2D eigenvalue weighted by Crippen LogP contribution is 2.40. The summed E-state index contributed by atoms with van der Waals surface area (Å²) in [5, 5.41) is 8.86. The van der Waals surface area contributed by atoms with Gasteiger partial charge in [-0.2, -0.15) is 0 Å². The third-order valence-corrected chi connectivity index (χ3v) is 6.12. The van der Waals surface area contributed by atoms with E-state index in [1.807, 2.05) is 13.0 Å². The van der Waals surface area contributed by atoms with E-state index in [9.17, 15) is 9.59 Å². The molecule has 0 aromatic carbocycles. The van der Waals surface area contributed by atoms with Crippen LogP contribution >= 0.6 is 24.0 Å². The van der Waals surface area contributed by atoms with E-state index in [1.54, 1.807) is 6.08 Å². The lowest BCUT2D eigenvalue weighted by atomic mass is 9.72. The normalized spacial score (nSPS) is 22.8. The van der Waals surface area contributed by atoms with Gasteiger partial charge in [-0.15, -0.1) is 0 Å². The third-order valence-electron chi connectivity index (χ3n) is 4.72. The van der Waals surface area contributed by atoms with Gasteiger partial charge in [0.05, 0.1) is 4.91 Å². The Kier molecular flexibility index (Phi) is 6.64. The molecule has 1 heterocycles. The number of hydrogen-bond acceptors (Lipinski definition) is 4. The second-order valence-corrected chi connectivity index (χ2v) is 9.04. The van der Waals surface area contributed by atoms with Gasteiger partial charge in [-0.1, -0.05) is 67.2 Å². The number of amides is 1. The molecule has 2 rings (SSSR count). The predicted molar refractivity (Wildman–Crippen MR) is 111 cm³/mol. The minimum Gasteiger partial charge on any atom is -0.480 e. The summed E-state index contributed by atoms with van der Waals surface area (Å²) >= 11 is 6.23.